The quantitative estimate of drug-likeness (QED) is 0.458. The summed E-state index contributed by atoms with van der Waals surface area (Å²) in [5, 5.41) is 12.3. The largest absolute Gasteiger partial charge is 0.480 e. The number of carboxylic acid groups (broad SMARTS) is 1. The molecule has 158 valence electrons. The van der Waals surface area contributed by atoms with E-state index < -0.39 is 19.6 Å². The Morgan fingerprint density at radius 2 is 1.45 bits per heavy atom. The Hall–Kier alpha value is -1.98. The summed E-state index contributed by atoms with van der Waals surface area (Å²) in [6, 6.07) is 18.2. The van der Waals surface area contributed by atoms with E-state index in [4.69, 9.17) is 9.05 Å². The average molecular weight is 419 g/mol. The zero-order valence-electron chi connectivity index (χ0n) is 17.0. The van der Waals surface area contributed by atoms with E-state index in [0.717, 1.165) is 11.1 Å². The second kappa shape index (κ2) is 11.9. The number of aliphatic carboxylic acids is 1. The van der Waals surface area contributed by atoms with Crippen LogP contribution in [0.4, 0.5) is 0 Å². The van der Waals surface area contributed by atoms with Crippen LogP contribution in [0.5, 0.6) is 0 Å². The molecule has 1 atom stereocenters. The minimum Gasteiger partial charge on any atom is -0.480 e. The van der Waals surface area contributed by atoms with Crippen LogP contribution in [0.25, 0.3) is 0 Å². The van der Waals surface area contributed by atoms with E-state index in [0.29, 0.717) is 6.42 Å². The van der Waals surface area contributed by atoms with Crippen molar-refractivity contribution in [1.29, 1.82) is 0 Å². The first-order chi connectivity index (χ1) is 13.9. The fourth-order valence-electron chi connectivity index (χ4n) is 2.78. The van der Waals surface area contributed by atoms with Crippen molar-refractivity contribution in [2.24, 2.45) is 5.92 Å². The molecule has 0 aromatic heterocycles. The molecule has 0 amide bonds. The van der Waals surface area contributed by atoms with Gasteiger partial charge in [-0.15, -0.1) is 0 Å². The zero-order valence-corrected chi connectivity index (χ0v) is 17.9. The van der Waals surface area contributed by atoms with Crippen molar-refractivity contribution in [2.45, 2.75) is 39.5 Å². The van der Waals surface area contributed by atoms with E-state index in [2.05, 4.69) is 5.32 Å². The van der Waals surface area contributed by atoms with Crippen LogP contribution in [-0.2, 0) is 31.6 Å². The molecular weight excluding hydrogens is 389 g/mol. The second-order valence-electron chi connectivity index (χ2n) is 7.33. The lowest BCUT2D eigenvalue weighted by Gasteiger charge is -2.21. The molecule has 0 radical (unpaired) electrons. The van der Waals surface area contributed by atoms with Gasteiger partial charge in [-0.1, -0.05) is 74.5 Å². The van der Waals surface area contributed by atoms with Crippen LogP contribution in [0.3, 0.4) is 0 Å². The third kappa shape index (κ3) is 8.92. The SMILES string of the molecule is CC(C)CC(NCCP(=O)(OCc1ccccc1)OCc1ccccc1)C(=O)O. The summed E-state index contributed by atoms with van der Waals surface area (Å²) in [5.41, 5.74) is 1.79. The molecule has 0 spiro atoms. The van der Waals surface area contributed by atoms with Crippen LogP contribution in [0, 0.1) is 5.92 Å². The Bertz CT molecular complexity index is 735. The Kier molecular flexibility index (Phi) is 9.55. The van der Waals surface area contributed by atoms with E-state index >= 15 is 0 Å². The molecule has 0 fully saturated rings. The van der Waals surface area contributed by atoms with Gasteiger partial charge in [-0.25, -0.2) is 0 Å². The molecular formula is C22H30NO5P. The van der Waals surface area contributed by atoms with Gasteiger partial charge in [0.1, 0.15) is 6.04 Å². The van der Waals surface area contributed by atoms with E-state index in [1.807, 2.05) is 74.5 Å². The molecule has 0 heterocycles. The highest BCUT2D eigenvalue weighted by atomic mass is 31.2. The third-order valence-corrected chi connectivity index (χ3v) is 6.14. The molecule has 1 unspecified atom stereocenters. The summed E-state index contributed by atoms with van der Waals surface area (Å²) in [6.45, 7) is 4.50. The van der Waals surface area contributed by atoms with Crippen molar-refractivity contribution in [3.63, 3.8) is 0 Å². The molecule has 2 aromatic rings. The number of carbonyl (C=O) groups is 1. The van der Waals surface area contributed by atoms with Gasteiger partial charge in [0.15, 0.2) is 0 Å². The molecule has 0 aliphatic heterocycles. The van der Waals surface area contributed by atoms with Crippen LogP contribution < -0.4 is 5.32 Å². The molecule has 7 heteroatoms. The van der Waals surface area contributed by atoms with Gasteiger partial charge < -0.3 is 19.5 Å². The molecule has 0 aliphatic rings. The molecule has 0 saturated heterocycles. The van der Waals surface area contributed by atoms with Gasteiger partial charge in [0.05, 0.1) is 19.4 Å². The van der Waals surface area contributed by atoms with Crippen LogP contribution in [0.2, 0.25) is 0 Å². The lowest BCUT2D eigenvalue weighted by atomic mass is 10.0. The van der Waals surface area contributed by atoms with Gasteiger partial charge >= 0.3 is 13.6 Å². The van der Waals surface area contributed by atoms with Crippen molar-refractivity contribution in [2.75, 3.05) is 12.7 Å². The monoisotopic (exact) mass is 419 g/mol. The fourth-order valence-corrected chi connectivity index (χ4v) is 4.21. The van der Waals surface area contributed by atoms with E-state index in [9.17, 15) is 14.5 Å². The summed E-state index contributed by atoms with van der Waals surface area (Å²) in [4.78, 5) is 11.4. The van der Waals surface area contributed by atoms with Crippen LogP contribution >= 0.6 is 7.60 Å². The Labute approximate surface area is 172 Å². The van der Waals surface area contributed by atoms with Crippen molar-refractivity contribution >= 4 is 13.6 Å². The van der Waals surface area contributed by atoms with Crippen LogP contribution in [-0.4, -0.2) is 29.8 Å². The molecule has 2 rings (SSSR count). The first kappa shape index (κ1) is 23.3. The molecule has 0 bridgehead atoms. The fraction of sp³-hybridized carbons (Fsp3) is 0.409. The number of carboxylic acids is 1. The van der Waals surface area contributed by atoms with Crippen LogP contribution in [0.15, 0.2) is 60.7 Å². The number of rotatable bonds is 13. The topological polar surface area (TPSA) is 84.9 Å². The average Bonchev–Trinajstić information content (AvgIpc) is 2.71. The number of hydrogen-bond donors (Lipinski definition) is 2. The highest BCUT2D eigenvalue weighted by molar-refractivity contribution is 7.53. The predicted molar refractivity (Wildman–Crippen MR) is 114 cm³/mol. The van der Waals surface area contributed by atoms with Gasteiger partial charge in [0.2, 0.25) is 0 Å². The van der Waals surface area contributed by atoms with Gasteiger partial charge in [0, 0.05) is 6.54 Å². The van der Waals surface area contributed by atoms with Crippen molar-refractivity contribution in [1.82, 2.24) is 5.32 Å². The van der Waals surface area contributed by atoms with Crippen LogP contribution in [0.1, 0.15) is 31.4 Å². The Morgan fingerprint density at radius 1 is 0.966 bits per heavy atom. The molecule has 0 saturated carbocycles. The molecule has 29 heavy (non-hydrogen) atoms. The zero-order chi connectivity index (χ0) is 21.1. The van der Waals surface area contributed by atoms with Crippen molar-refractivity contribution < 1.29 is 23.5 Å². The molecule has 2 aromatic carbocycles. The predicted octanol–water partition coefficient (Wildman–Crippen LogP) is 4.70. The number of benzene rings is 2. The Balaban J connectivity index is 1.98. The molecule has 0 aliphatic carbocycles. The smallest absolute Gasteiger partial charge is 0.332 e. The summed E-state index contributed by atoms with van der Waals surface area (Å²) in [5.74, 6) is -0.678. The number of hydrogen-bond acceptors (Lipinski definition) is 5. The maximum atomic E-state index is 13.3. The lowest BCUT2D eigenvalue weighted by Crippen LogP contribution is -2.39. The minimum absolute atomic E-state index is 0.0918. The van der Waals surface area contributed by atoms with Gasteiger partial charge in [0.25, 0.3) is 0 Å². The first-order valence-corrected chi connectivity index (χ1v) is 11.5. The highest BCUT2D eigenvalue weighted by Crippen LogP contribution is 2.49. The third-order valence-electron chi connectivity index (χ3n) is 4.32. The standard InChI is InChI=1S/C22H30NO5P/c1-18(2)15-21(22(24)25)23-13-14-29(26,27-16-19-9-5-3-6-10-19)28-17-20-11-7-4-8-12-20/h3-12,18,21,23H,13-17H2,1-2H3,(H,24,25). The minimum atomic E-state index is -3.43. The maximum absolute atomic E-state index is 13.3. The molecule has 6 nitrogen and oxygen atoms in total. The maximum Gasteiger partial charge on any atom is 0.332 e. The van der Waals surface area contributed by atoms with Crippen molar-refractivity contribution in [3.05, 3.63) is 71.8 Å². The first-order valence-electron chi connectivity index (χ1n) is 9.80. The van der Waals surface area contributed by atoms with Crippen molar-refractivity contribution in [3.8, 4) is 0 Å². The van der Waals surface area contributed by atoms with E-state index in [1.54, 1.807) is 0 Å². The Morgan fingerprint density at radius 3 is 1.86 bits per heavy atom. The van der Waals surface area contributed by atoms with E-state index in [1.165, 1.54) is 0 Å². The van der Waals surface area contributed by atoms with Gasteiger partial charge in [-0.2, -0.15) is 0 Å². The number of nitrogens with one attached hydrogen (secondary N) is 1. The summed E-state index contributed by atoms with van der Waals surface area (Å²) < 4.78 is 24.7. The van der Waals surface area contributed by atoms with E-state index in [-0.39, 0.29) is 31.8 Å². The van der Waals surface area contributed by atoms with Gasteiger partial charge in [-0.3, -0.25) is 9.36 Å². The molecule has 2 N–H and O–H groups in total. The van der Waals surface area contributed by atoms with Gasteiger partial charge in [-0.05, 0) is 23.5 Å². The lowest BCUT2D eigenvalue weighted by molar-refractivity contribution is -0.139. The second-order valence-corrected chi connectivity index (χ2v) is 9.51. The summed E-state index contributed by atoms with van der Waals surface area (Å²) >= 11 is 0. The normalized spacial score (nSPS) is 12.8. The summed E-state index contributed by atoms with van der Waals surface area (Å²) in [7, 11) is -3.43. The summed E-state index contributed by atoms with van der Waals surface area (Å²) in [6.07, 6.45) is 0.587. The highest BCUT2D eigenvalue weighted by Gasteiger charge is 2.26.